The van der Waals surface area contributed by atoms with Crippen LogP contribution in [0.25, 0.3) is 0 Å². The van der Waals surface area contributed by atoms with Gasteiger partial charge in [0.05, 0.1) is 10.6 Å². The maximum atomic E-state index is 11.6. The number of carbonyl (C=O) groups excluding carboxylic acids is 1. The van der Waals surface area contributed by atoms with Gasteiger partial charge in [0.1, 0.15) is 5.82 Å². The second-order valence-corrected chi connectivity index (χ2v) is 3.96. The highest BCUT2D eigenvalue weighted by Crippen LogP contribution is 2.16. The Bertz CT molecular complexity index is 368. The maximum Gasteiger partial charge on any atom is 0.252 e. The van der Waals surface area contributed by atoms with Crippen molar-refractivity contribution in [1.82, 2.24) is 10.3 Å². The van der Waals surface area contributed by atoms with Crippen LogP contribution in [0, 0.1) is 0 Å². The molecule has 0 bridgehead atoms. The van der Waals surface area contributed by atoms with Gasteiger partial charge in [-0.1, -0.05) is 31.4 Å². The third-order valence-electron chi connectivity index (χ3n) is 2.20. The number of nitrogen functional groups attached to an aromatic ring is 1. The van der Waals surface area contributed by atoms with Gasteiger partial charge in [-0.15, -0.1) is 0 Å². The first-order chi connectivity index (χ1) is 7.65. The molecule has 1 amide bonds. The van der Waals surface area contributed by atoms with Crippen molar-refractivity contribution in [2.45, 2.75) is 26.2 Å². The Morgan fingerprint density at radius 2 is 2.31 bits per heavy atom. The third-order valence-corrected chi connectivity index (χ3v) is 2.50. The summed E-state index contributed by atoms with van der Waals surface area (Å²) in [6.45, 7) is 2.79. The quantitative estimate of drug-likeness (QED) is 0.777. The number of amides is 1. The number of hydrogen-bond acceptors (Lipinski definition) is 3. The van der Waals surface area contributed by atoms with Crippen molar-refractivity contribution >= 4 is 23.3 Å². The Balaban J connectivity index is 2.50. The number of pyridine rings is 1. The van der Waals surface area contributed by atoms with Crippen molar-refractivity contribution in [2.75, 3.05) is 12.3 Å². The molecule has 0 unspecified atom stereocenters. The fourth-order valence-electron chi connectivity index (χ4n) is 1.25. The zero-order valence-electron chi connectivity index (χ0n) is 9.29. The Hall–Kier alpha value is -1.29. The van der Waals surface area contributed by atoms with Crippen molar-refractivity contribution in [3.05, 3.63) is 22.8 Å². The molecule has 0 aliphatic carbocycles. The summed E-state index contributed by atoms with van der Waals surface area (Å²) in [6, 6.07) is 1.53. The summed E-state index contributed by atoms with van der Waals surface area (Å²) in [5.74, 6) is 0.0784. The van der Waals surface area contributed by atoms with Crippen LogP contribution in [-0.2, 0) is 0 Å². The summed E-state index contributed by atoms with van der Waals surface area (Å²) in [5, 5.41) is 3.11. The molecule has 0 aromatic carbocycles. The zero-order chi connectivity index (χ0) is 12.0. The van der Waals surface area contributed by atoms with E-state index in [2.05, 4.69) is 17.2 Å². The molecular formula is C11H16ClN3O. The minimum Gasteiger partial charge on any atom is -0.382 e. The lowest BCUT2D eigenvalue weighted by Crippen LogP contribution is -2.24. The predicted octanol–water partition coefficient (Wildman–Crippen LogP) is 2.24. The molecular weight excluding hydrogens is 226 g/mol. The van der Waals surface area contributed by atoms with Crippen LogP contribution in [0.2, 0.25) is 5.02 Å². The van der Waals surface area contributed by atoms with Crippen molar-refractivity contribution in [1.29, 1.82) is 0 Å². The predicted molar refractivity (Wildman–Crippen MR) is 65.5 cm³/mol. The molecule has 1 aromatic rings. The van der Waals surface area contributed by atoms with Crippen LogP contribution in [0.4, 0.5) is 5.82 Å². The Morgan fingerprint density at radius 1 is 1.56 bits per heavy atom. The average molecular weight is 242 g/mol. The Kier molecular flexibility index (Phi) is 5.05. The van der Waals surface area contributed by atoms with Gasteiger partial charge in [0, 0.05) is 12.7 Å². The Morgan fingerprint density at radius 3 is 2.94 bits per heavy atom. The number of carbonyl (C=O) groups is 1. The van der Waals surface area contributed by atoms with E-state index in [1.165, 1.54) is 12.3 Å². The molecule has 0 saturated carbocycles. The second kappa shape index (κ2) is 6.33. The SMILES string of the molecule is CCCCCNC(=O)c1cnc(N)c(Cl)c1. The van der Waals surface area contributed by atoms with Gasteiger partial charge in [0.25, 0.3) is 5.91 Å². The van der Waals surface area contributed by atoms with E-state index in [0.717, 1.165) is 19.3 Å². The number of anilines is 1. The number of hydrogen-bond donors (Lipinski definition) is 2. The molecule has 1 heterocycles. The van der Waals surface area contributed by atoms with Crippen LogP contribution in [0.5, 0.6) is 0 Å². The van der Waals surface area contributed by atoms with Gasteiger partial charge in [0.15, 0.2) is 0 Å². The summed E-state index contributed by atoms with van der Waals surface area (Å²) in [4.78, 5) is 15.4. The van der Waals surface area contributed by atoms with E-state index >= 15 is 0 Å². The third kappa shape index (κ3) is 3.70. The molecule has 0 saturated heterocycles. The molecule has 0 spiro atoms. The van der Waals surface area contributed by atoms with Gasteiger partial charge in [0.2, 0.25) is 0 Å². The zero-order valence-corrected chi connectivity index (χ0v) is 10.0. The minimum atomic E-state index is -0.162. The van der Waals surface area contributed by atoms with Gasteiger partial charge in [-0.3, -0.25) is 4.79 Å². The molecule has 0 radical (unpaired) electrons. The molecule has 5 heteroatoms. The summed E-state index contributed by atoms with van der Waals surface area (Å²) >= 11 is 5.77. The fourth-order valence-corrected chi connectivity index (χ4v) is 1.42. The normalized spacial score (nSPS) is 10.1. The molecule has 16 heavy (non-hydrogen) atoms. The number of nitrogens with zero attached hydrogens (tertiary/aromatic N) is 1. The number of nitrogens with two attached hydrogens (primary N) is 1. The molecule has 4 nitrogen and oxygen atoms in total. The van der Waals surface area contributed by atoms with Crippen LogP contribution >= 0.6 is 11.6 Å². The lowest BCUT2D eigenvalue weighted by Gasteiger charge is -2.05. The van der Waals surface area contributed by atoms with Crippen molar-refractivity contribution in [2.24, 2.45) is 0 Å². The van der Waals surface area contributed by atoms with Gasteiger partial charge in [-0.2, -0.15) is 0 Å². The molecule has 1 aromatic heterocycles. The highest BCUT2D eigenvalue weighted by atomic mass is 35.5. The van der Waals surface area contributed by atoms with Crippen LogP contribution in [-0.4, -0.2) is 17.4 Å². The van der Waals surface area contributed by atoms with E-state index in [0.29, 0.717) is 17.1 Å². The standard InChI is InChI=1S/C11H16ClN3O/c1-2-3-4-5-14-11(16)8-6-9(12)10(13)15-7-8/h6-7H,2-5H2,1H3,(H2,13,15)(H,14,16). The fraction of sp³-hybridized carbons (Fsp3) is 0.455. The molecule has 0 aliphatic rings. The van der Waals surface area contributed by atoms with Crippen molar-refractivity contribution < 1.29 is 4.79 Å². The van der Waals surface area contributed by atoms with Crippen LogP contribution in [0.15, 0.2) is 12.3 Å². The number of aromatic nitrogens is 1. The summed E-state index contributed by atoms with van der Waals surface area (Å²) in [5.41, 5.74) is 5.89. The molecule has 0 fully saturated rings. The maximum absolute atomic E-state index is 11.6. The molecule has 0 atom stereocenters. The van der Waals surface area contributed by atoms with E-state index in [1.54, 1.807) is 0 Å². The number of nitrogens with one attached hydrogen (secondary N) is 1. The van der Waals surface area contributed by atoms with E-state index < -0.39 is 0 Å². The minimum absolute atomic E-state index is 0.162. The molecule has 1 rings (SSSR count). The van der Waals surface area contributed by atoms with Gasteiger partial charge in [-0.25, -0.2) is 4.98 Å². The topological polar surface area (TPSA) is 68.0 Å². The lowest BCUT2D eigenvalue weighted by atomic mass is 10.2. The van der Waals surface area contributed by atoms with E-state index in [9.17, 15) is 4.79 Å². The van der Waals surface area contributed by atoms with Gasteiger partial charge < -0.3 is 11.1 Å². The van der Waals surface area contributed by atoms with Gasteiger partial charge >= 0.3 is 0 Å². The summed E-state index contributed by atoms with van der Waals surface area (Å²) < 4.78 is 0. The van der Waals surface area contributed by atoms with Crippen LogP contribution in [0.3, 0.4) is 0 Å². The first-order valence-electron chi connectivity index (χ1n) is 5.34. The van der Waals surface area contributed by atoms with Crippen LogP contribution in [0.1, 0.15) is 36.5 Å². The van der Waals surface area contributed by atoms with E-state index in [-0.39, 0.29) is 11.7 Å². The highest BCUT2D eigenvalue weighted by Gasteiger charge is 2.07. The van der Waals surface area contributed by atoms with Crippen molar-refractivity contribution in [3.63, 3.8) is 0 Å². The first kappa shape index (κ1) is 12.8. The number of rotatable bonds is 5. The van der Waals surface area contributed by atoms with E-state index in [1.807, 2.05) is 0 Å². The van der Waals surface area contributed by atoms with E-state index in [4.69, 9.17) is 17.3 Å². The lowest BCUT2D eigenvalue weighted by molar-refractivity contribution is 0.0952. The monoisotopic (exact) mass is 241 g/mol. The van der Waals surface area contributed by atoms with Gasteiger partial charge in [-0.05, 0) is 12.5 Å². The van der Waals surface area contributed by atoms with Crippen molar-refractivity contribution in [3.8, 4) is 0 Å². The summed E-state index contributed by atoms with van der Waals surface area (Å²) in [6.07, 6.45) is 4.65. The molecule has 0 aliphatic heterocycles. The average Bonchev–Trinajstić information content (AvgIpc) is 2.28. The Labute approximate surface area is 100 Å². The summed E-state index contributed by atoms with van der Waals surface area (Å²) in [7, 11) is 0. The molecule has 3 N–H and O–H groups in total. The smallest absolute Gasteiger partial charge is 0.252 e. The molecule has 88 valence electrons. The number of unbranched alkanes of at least 4 members (excludes halogenated alkanes) is 2. The second-order valence-electron chi connectivity index (χ2n) is 3.55. The number of halogens is 1. The van der Waals surface area contributed by atoms with Crippen LogP contribution < -0.4 is 11.1 Å². The first-order valence-corrected chi connectivity index (χ1v) is 5.72. The largest absolute Gasteiger partial charge is 0.382 e. The highest BCUT2D eigenvalue weighted by molar-refractivity contribution is 6.33.